The molecule has 0 aliphatic rings. The van der Waals surface area contributed by atoms with Gasteiger partial charge in [0.2, 0.25) is 0 Å². The number of hydrogen-bond acceptors (Lipinski definition) is 2. The van der Waals surface area contributed by atoms with Gasteiger partial charge in [-0.3, -0.25) is 0 Å². The van der Waals surface area contributed by atoms with Crippen molar-refractivity contribution in [3.05, 3.63) is 58.3 Å². The van der Waals surface area contributed by atoms with Crippen LogP contribution < -0.4 is 10.1 Å². The second-order valence-electron chi connectivity index (χ2n) is 4.06. The van der Waals surface area contributed by atoms with E-state index >= 15 is 0 Å². The van der Waals surface area contributed by atoms with Crippen LogP contribution in [0.5, 0.6) is 5.75 Å². The first-order valence-corrected chi connectivity index (χ1v) is 6.89. The van der Waals surface area contributed by atoms with Crippen LogP contribution in [0.15, 0.2) is 46.9 Å². The maximum Gasteiger partial charge on any atom is 0.124 e. The molecule has 0 fully saturated rings. The van der Waals surface area contributed by atoms with Crippen LogP contribution in [0.2, 0.25) is 0 Å². The first kappa shape index (κ1) is 13.9. The number of halogens is 2. The monoisotopic (exact) mass is 323 g/mol. The lowest BCUT2D eigenvalue weighted by atomic mass is 10.2. The van der Waals surface area contributed by atoms with Crippen molar-refractivity contribution in [2.75, 3.05) is 11.9 Å². The van der Waals surface area contributed by atoms with Crippen LogP contribution in [0.4, 0.5) is 10.1 Å². The summed E-state index contributed by atoms with van der Waals surface area (Å²) in [5.74, 6) is 0.607. The molecule has 100 valence electrons. The molecule has 0 atom stereocenters. The van der Waals surface area contributed by atoms with Gasteiger partial charge < -0.3 is 10.1 Å². The van der Waals surface area contributed by atoms with E-state index in [1.807, 2.05) is 31.2 Å². The summed E-state index contributed by atoms with van der Waals surface area (Å²) in [6, 6.07) is 12.5. The van der Waals surface area contributed by atoms with Gasteiger partial charge in [0, 0.05) is 16.7 Å². The van der Waals surface area contributed by atoms with Gasteiger partial charge in [-0.2, -0.15) is 0 Å². The molecule has 2 aromatic rings. The van der Waals surface area contributed by atoms with Crippen LogP contribution in [0.1, 0.15) is 12.5 Å². The molecule has 0 unspecified atom stereocenters. The maximum absolute atomic E-state index is 13.0. The number of ether oxygens (including phenoxy) is 1. The quantitative estimate of drug-likeness (QED) is 0.868. The summed E-state index contributed by atoms with van der Waals surface area (Å²) in [7, 11) is 0. The summed E-state index contributed by atoms with van der Waals surface area (Å²) in [4.78, 5) is 0. The van der Waals surface area contributed by atoms with Crippen LogP contribution >= 0.6 is 15.9 Å². The Kier molecular flexibility index (Phi) is 4.80. The number of hydrogen-bond donors (Lipinski definition) is 1. The van der Waals surface area contributed by atoms with Gasteiger partial charge in [-0.25, -0.2) is 4.39 Å². The molecule has 0 saturated carbocycles. The Labute approximate surface area is 120 Å². The van der Waals surface area contributed by atoms with Crippen molar-refractivity contribution < 1.29 is 9.13 Å². The molecule has 0 aliphatic carbocycles. The SMILES string of the molecule is CCOc1cccc(CNc2ccc(F)cc2Br)c1. The Morgan fingerprint density at radius 1 is 1.21 bits per heavy atom. The highest BCUT2D eigenvalue weighted by molar-refractivity contribution is 9.10. The van der Waals surface area contributed by atoms with Crippen molar-refractivity contribution in [3.63, 3.8) is 0 Å². The Hall–Kier alpha value is -1.55. The summed E-state index contributed by atoms with van der Waals surface area (Å²) in [5, 5.41) is 3.26. The predicted molar refractivity (Wildman–Crippen MR) is 79.0 cm³/mol. The van der Waals surface area contributed by atoms with Gasteiger partial charge in [0.1, 0.15) is 11.6 Å². The Morgan fingerprint density at radius 2 is 2.05 bits per heavy atom. The van der Waals surface area contributed by atoms with Gasteiger partial charge in [-0.05, 0) is 58.7 Å². The molecule has 1 N–H and O–H groups in total. The lowest BCUT2D eigenvalue weighted by molar-refractivity contribution is 0.340. The Bertz CT molecular complexity index is 560. The highest BCUT2D eigenvalue weighted by Crippen LogP contribution is 2.24. The zero-order valence-electron chi connectivity index (χ0n) is 10.6. The van der Waals surface area contributed by atoms with E-state index < -0.39 is 0 Å². The third kappa shape index (κ3) is 3.96. The minimum atomic E-state index is -0.254. The average Bonchev–Trinajstić information content (AvgIpc) is 2.38. The largest absolute Gasteiger partial charge is 0.494 e. The minimum Gasteiger partial charge on any atom is -0.494 e. The van der Waals surface area contributed by atoms with Crippen molar-refractivity contribution in [2.45, 2.75) is 13.5 Å². The molecule has 0 spiro atoms. The average molecular weight is 324 g/mol. The molecule has 0 bridgehead atoms. The molecule has 2 aromatic carbocycles. The maximum atomic E-state index is 13.0. The third-order valence-corrected chi connectivity index (χ3v) is 3.28. The van der Waals surface area contributed by atoms with Gasteiger partial charge in [0.05, 0.1) is 6.61 Å². The lowest BCUT2D eigenvalue weighted by Gasteiger charge is -2.10. The molecule has 2 rings (SSSR count). The lowest BCUT2D eigenvalue weighted by Crippen LogP contribution is -2.01. The first-order valence-electron chi connectivity index (χ1n) is 6.09. The van der Waals surface area contributed by atoms with E-state index in [1.54, 1.807) is 6.07 Å². The second-order valence-corrected chi connectivity index (χ2v) is 4.91. The molecule has 0 amide bonds. The highest BCUT2D eigenvalue weighted by atomic mass is 79.9. The minimum absolute atomic E-state index is 0.254. The third-order valence-electron chi connectivity index (χ3n) is 2.62. The van der Waals surface area contributed by atoms with Gasteiger partial charge in [-0.1, -0.05) is 12.1 Å². The topological polar surface area (TPSA) is 21.3 Å². The second kappa shape index (κ2) is 6.57. The molecule has 4 heteroatoms. The fourth-order valence-corrected chi connectivity index (χ4v) is 2.23. The molecule has 0 heterocycles. The Balaban J connectivity index is 2.03. The van der Waals surface area contributed by atoms with E-state index in [9.17, 15) is 4.39 Å². The number of benzene rings is 2. The first-order chi connectivity index (χ1) is 9.19. The van der Waals surface area contributed by atoms with Gasteiger partial charge in [0.25, 0.3) is 0 Å². The van der Waals surface area contributed by atoms with Crippen molar-refractivity contribution >= 4 is 21.6 Å². The number of anilines is 1. The van der Waals surface area contributed by atoms with E-state index in [0.717, 1.165) is 17.0 Å². The van der Waals surface area contributed by atoms with Crippen LogP contribution in [0, 0.1) is 5.82 Å². The molecular weight excluding hydrogens is 309 g/mol. The standard InChI is InChI=1S/C15H15BrFNO/c1-2-19-13-5-3-4-11(8-13)10-18-15-7-6-12(17)9-14(15)16/h3-9,18H,2,10H2,1H3. The molecule has 0 saturated heterocycles. The number of nitrogens with one attached hydrogen (secondary N) is 1. The Morgan fingerprint density at radius 3 is 2.79 bits per heavy atom. The summed E-state index contributed by atoms with van der Waals surface area (Å²) in [6.07, 6.45) is 0. The summed E-state index contributed by atoms with van der Waals surface area (Å²) in [5.41, 5.74) is 1.98. The molecule has 0 aliphatic heterocycles. The van der Waals surface area contributed by atoms with Gasteiger partial charge in [0.15, 0.2) is 0 Å². The molecule has 2 nitrogen and oxygen atoms in total. The van der Waals surface area contributed by atoms with Crippen molar-refractivity contribution in [3.8, 4) is 5.75 Å². The van der Waals surface area contributed by atoms with Crippen molar-refractivity contribution in [2.24, 2.45) is 0 Å². The van der Waals surface area contributed by atoms with E-state index in [1.165, 1.54) is 12.1 Å². The summed E-state index contributed by atoms with van der Waals surface area (Å²) < 4.78 is 19.1. The smallest absolute Gasteiger partial charge is 0.124 e. The molecular formula is C15H15BrFNO. The van der Waals surface area contributed by atoms with Crippen LogP contribution in [-0.2, 0) is 6.54 Å². The predicted octanol–water partition coefficient (Wildman–Crippen LogP) is 4.60. The highest BCUT2D eigenvalue weighted by Gasteiger charge is 2.02. The zero-order chi connectivity index (χ0) is 13.7. The van der Waals surface area contributed by atoms with Crippen LogP contribution in [-0.4, -0.2) is 6.61 Å². The van der Waals surface area contributed by atoms with Crippen LogP contribution in [0.25, 0.3) is 0 Å². The van der Waals surface area contributed by atoms with E-state index in [4.69, 9.17) is 4.74 Å². The molecule has 19 heavy (non-hydrogen) atoms. The fourth-order valence-electron chi connectivity index (χ4n) is 1.74. The van der Waals surface area contributed by atoms with Crippen molar-refractivity contribution in [1.29, 1.82) is 0 Å². The van der Waals surface area contributed by atoms with E-state index in [-0.39, 0.29) is 5.82 Å². The normalized spacial score (nSPS) is 10.3. The van der Waals surface area contributed by atoms with E-state index in [0.29, 0.717) is 17.6 Å². The van der Waals surface area contributed by atoms with Gasteiger partial charge in [-0.15, -0.1) is 0 Å². The van der Waals surface area contributed by atoms with E-state index in [2.05, 4.69) is 21.2 Å². The molecule has 0 aromatic heterocycles. The van der Waals surface area contributed by atoms with Crippen molar-refractivity contribution in [1.82, 2.24) is 0 Å². The summed E-state index contributed by atoms with van der Waals surface area (Å²) in [6.45, 7) is 3.27. The van der Waals surface area contributed by atoms with Crippen LogP contribution in [0.3, 0.4) is 0 Å². The summed E-state index contributed by atoms with van der Waals surface area (Å²) >= 11 is 3.33. The fraction of sp³-hybridized carbons (Fsp3) is 0.200. The molecule has 0 radical (unpaired) electrons. The zero-order valence-corrected chi connectivity index (χ0v) is 12.2. The number of rotatable bonds is 5. The van der Waals surface area contributed by atoms with Gasteiger partial charge >= 0.3 is 0 Å².